The van der Waals surface area contributed by atoms with Crippen molar-refractivity contribution in [3.8, 4) is 0 Å². The maximum atomic E-state index is 3.80. The van der Waals surface area contributed by atoms with E-state index in [-0.39, 0.29) is 0 Å². The number of rotatable bonds is 5. The van der Waals surface area contributed by atoms with Gasteiger partial charge in [-0.1, -0.05) is 0 Å². The molecular formula is C14H28N2S. The lowest BCUT2D eigenvalue weighted by molar-refractivity contribution is 0.0512. The minimum absolute atomic E-state index is 0.389. The first-order chi connectivity index (χ1) is 8.07. The van der Waals surface area contributed by atoms with Gasteiger partial charge < -0.3 is 5.32 Å². The third-order valence-corrected chi connectivity index (χ3v) is 5.31. The summed E-state index contributed by atoms with van der Waals surface area (Å²) >= 11 is 1.97. The molecule has 3 atom stereocenters. The molecule has 1 saturated carbocycles. The van der Waals surface area contributed by atoms with Gasteiger partial charge in [0.1, 0.15) is 0 Å². The maximum absolute atomic E-state index is 3.80. The van der Waals surface area contributed by atoms with Crippen LogP contribution >= 0.6 is 11.8 Å². The van der Waals surface area contributed by atoms with Crippen LogP contribution < -0.4 is 5.32 Å². The van der Waals surface area contributed by atoms with Gasteiger partial charge in [-0.2, -0.15) is 11.8 Å². The predicted octanol–water partition coefficient (Wildman–Crippen LogP) is 2.59. The van der Waals surface area contributed by atoms with Gasteiger partial charge in [-0.15, -0.1) is 0 Å². The van der Waals surface area contributed by atoms with Crippen molar-refractivity contribution in [3.05, 3.63) is 0 Å². The molecule has 17 heavy (non-hydrogen) atoms. The second-order valence-electron chi connectivity index (χ2n) is 6.22. The largest absolute Gasteiger partial charge is 0.308 e. The molecule has 0 amide bonds. The van der Waals surface area contributed by atoms with Gasteiger partial charge in [-0.25, -0.2) is 0 Å². The summed E-state index contributed by atoms with van der Waals surface area (Å²) in [7, 11) is 0. The maximum Gasteiger partial charge on any atom is 0.0309 e. The Labute approximate surface area is 111 Å². The summed E-state index contributed by atoms with van der Waals surface area (Å²) in [6.07, 6.45) is 6.41. The van der Waals surface area contributed by atoms with Crippen LogP contribution in [-0.4, -0.2) is 47.6 Å². The van der Waals surface area contributed by atoms with Gasteiger partial charge in [0, 0.05) is 30.7 Å². The standard InChI is InChI=1S/C14H28N2S/c1-11(7-8-17-4)16-10-14(3,13-5-6-13)15-9-12(16)2/h11-13,15H,5-10H2,1-4H3. The molecule has 0 aromatic carbocycles. The van der Waals surface area contributed by atoms with Gasteiger partial charge in [-0.3, -0.25) is 4.90 Å². The number of thioether (sulfide) groups is 1. The molecular weight excluding hydrogens is 228 g/mol. The van der Waals surface area contributed by atoms with E-state index in [1.165, 1.54) is 31.6 Å². The van der Waals surface area contributed by atoms with E-state index in [0.717, 1.165) is 18.5 Å². The second-order valence-corrected chi connectivity index (χ2v) is 7.21. The van der Waals surface area contributed by atoms with Gasteiger partial charge in [0.25, 0.3) is 0 Å². The average Bonchev–Trinajstić information content (AvgIpc) is 3.13. The van der Waals surface area contributed by atoms with Crippen LogP contribution in [0.2, 0.25) is 0 Å². The highest BCUT2D eigenvalue weighted by Gasteiger charge is 2.45. The van der Waals surface area contributed by atoms with Crippen molar-refractivity contribution in [1.82, 2.24) is 10.2 Å². The highest BCUT2D eigenvalue weighted by molar-refractivity contribution is 7.98. The number of nitrogens with one attached hydrogen (secondary N) is 1. The van der Waals surface area contributed by atoms with Crippen LogP contribution in [-0.2, 0) is 0 Å². The highest BCUT2D eigenvalue weighted by Crippen LogP contribution is 2.41. The lowest BCUT2D eigenvalue weighted by atomic mass is 9.90. The van der Waals surface area contributed by atoms with Crippen LogP contribution in [0.1, 0.15) is 40.0 Å². The zero-order valence-electron chi connectivity index (χ0n) is 11.8. The summed E-state index contributed by atoms with van der Waals surface area (Å²) in [6.45, 7) is 9.62. The normalized spacial score (nSPS) is 37.1. The molecule has 2 rings (SSSR count). The molecule has 3 heteroatoms. The van der Waals surface area contributed by atoms with Gasteiger partial charge >= 0.3 is 0 Å². The minimum Gasteiger partial charge on any atom is -0.308 e. The van der Waals surface area contributed by atoms with Crippen molar-refractivity contribution in [2.45, 2.75) is 57.7 Å². The number of piperazine rings is 1. The molecule has 0 radical (unpaired) electrons. The molecule has 0 aromatic heterocycles. The predicted molar refractivity (Wildman–Crippen MR) is 77.8 cm³/mol. The number of hydrogen-bond donors (Lipinski definition) is 1. The van der Waals surface area contributed by atoms with Crippen molar-refractivity contribution in [1.29, 1.82) is 0 Å². The van der Waals surface area contributed by atoms with Gasteiger partial charge in [0.15, 0.2) is 0 Å². The Balaban J connectivity index is 1.94. The molecule has 1 aliphatic carbocycles. The van der Waals surface area contributed by atoms with Crippen LogP contribution in [0.4, 0.5) is 0 Å². The number of nitrogens with zero attached hydrogens (tertiary/aromatic N) is 1. The molecule has 0 aromatic rings. The summed E-state index contributed by atoms with van der Waals surface area (Å²) in [5, 5.41) is 3.80. The quantitative estimate of drug-likeness (QED) is 0.814. The molecule has 0 bridgehead atoms. The summed E-state index contributed by atoms with van der Waals surface area (Å²) in [4.78, 5) is 2.74. The Hall–Kier alpha value is 0.270. The Bertz CT molecular complexity index is 255. The second kappa shape index (κ2) is 5.50. The molecule has 0 spiro atoms. The van der Waals surface area contributed by atoms with Crippen molar-refractivity contribution in [2.24, 2.45) is 5.92 Å². The topological polar surface area (TPSA) is 15.3 Å². The fourth-order valence-electron chi connectivity index (χ4n) is 3.13. The first-order valence-corrected chi connectivity index (χ1v) is 8.46. The summed E-state index contributed by atoms with van der Waals surface area (Å²) in [5.74, 6) is 2.23. The van der Waals surface area contributed by atoms with Crippen LogP contribution in [0.15, 0.2) is 0 Å². The zero-order chi connectivity index (χ0) is 12.5. The molecule has 2 aliphatic rings. The molecule has 1 saturated heterocycles. The molecule has 1 heterocycles. The van der Waals surface area contributed by atoms with E-state index in [0.29, 0.717) is 11.6 Å². The van der Waals surface area contributed by atoms with Crippen LogP contribution in [0.5, 0.6) is 0 Å². The monoisotopic (exact) mass is 256 g/mol. The van der Waals surface area contributed by atoms with E-state index in [4.69, 9.17) is 0 Å². The lowest BCUT2D eigenvalue weighted by Crippen LogP contribution is -2.64. The third kappa shape index (κ3) is 3.18. The van der Waals surface area contributed by atoms with E-state index in [1.54, 1.807) is 0 Å². The fraction of sp³-hybridized carbons (Fsp3) is 1.00. The molecule has 1 N–H and O–H groups in total. The smallest absolute Gasteiger partial charge is 0.0309 e. The van der Waals surface area contributed by atoms with Crippen molar-refractivity contribution < 1.29 is 0 Å². The molecule has 2 fully saturated rings. The van der Waals surface area contributed by atoms with E-state index in [1.807, 2.05) is 11.8 Å². The van der Waals surface area contributed by atoms with Gasteiger partial charge in [0.2, 0.25) is 0 Å². The van der Waals surface area contributed by atoms with Crippen LogP contribution in [0.3, 0.4) is 0 Å². The average molecular weight is 256 g/mol. The fourth-order valence-corrected chi connectivity index (χ4v) is 3.70. The highest BCUT2D eigenvalue weighted by atomic mass is 32.2. The van der Waals surface area contributed by atoms with E-state index >= 15 is 0 Å². The SMILES string of the molecule is CSCCC(C)N1CC(C)(C2CC2)NCC1C. The lowest BCUT2D eigenvalue weighted by Gasteiger charge is -2.48. The Morgan fingerprint density at radius 2 is 2.18 bits per heavy atom. The van der Waals surface area contributed by atoms with Crippen molar-refractivity contribution in [2.75, 3.05) is 25.1 Å². The first-order valence-electron chi connectivity index (χ1n) is 7.06. The van der Waals surface area contributed by atoms with Crippen molar-refractivity contribution in [3.63, 3.8) is 0 Å². The first kappa shape index (κ1) is 13.7. The van der Waals surface area contributed by atoms with Crippen LogP contribution in [0, 0.1) is 5.92 Å². The minimum atomic E-state index is 0.389. The third-order valence-electron chi connectivity index (χ3n) is 4.66. The van der Waals surface area contributed by atoms with Gasteiger partial charge in [0.05, 0.1) is 0 Å². The zero-order valence-corrected chi connectivity index (χ0v) is 12.6. The molecule has 1 aliphatic heterocycles. The van der Waals surface area contributed by atoms with Crippen LogP contribution in [0.25, 0.3) is 0 Å². The van der Waals surface area contributed by atoms with E-state index < -0.39 is 0 Å². The van der Waals surface area contributed by atoms with E-state index in [2.05, 4.69) is 37.2 Å². The summed E-state index contributed by atoms with van der Waals surface area (Å²) in [5.41, 5.74) is 0.389. The Kier molecular flexibility index (Phi) is 4.43. The molecule has 100 valence electrons. The van der Waals surface area contributed by atoms with Crippen molar-refractivity contribution >= 4 is 11.8 Å². The summed E-state index contributed by atoms with van der Waals surface area (Å²) < 4.78 is 0. The Morgan fingerprint density at radius 1 is 1.47 bits per heavy atom. The summed E-state index contributed by atoms with van der Waals surface area (Å²) in [6, 6.07) is 1.43. The van der Waals surface area contributed by atoms with Gasteiger partial charge in [-0.05, 0) is 58.0 Å². The molecule has 3 unspecified atom stereocenters. The Morgan fingerprint density at radius 3 is 2.76 bits per heavy atom. The molecule has 2 nitrogen and oxygen atoms in total. The van der Waals surface area contributed by atoms with E-state index in [9.17, 15) is 0 Å². The number of hydrogen-bond acceptors (Lipinski definition) is 3.